The number of benzene rings is 2. The van der Waals surface area contributed by atoms with Crippen LogP contribution in [0.3, 0.4) is 0 Å². The molecule has 0 aliphatic carbocycles. The Kier molecular flexibility index (Phi) is 9.60. The Morgan fingerprint density at radius 3 is 2.41 bits per heavy atom. The van der Waals surface area contributed by atoms with Crippen LogP contribution in [0.25, 0.3) is 0 Å². The predicted octanol–water partition coefficient (Wildman–Crippen LogP) is 4.24. The van der Waals surface area contributed by atoms with Crippen molar-refractivity contribution in [3.63, 3.8) is 0 Å². The van der Waals surface area contributed by atoms with Crippen LogP contribution in [0.5, 0.6) is 5.75 Å². The molecular formula is C20H21Cl3N2O6S. The fourth-order valence-corrected chi connectivity index (χ4v) is 4.24. The largest absolute Gasteiger partial charge is 0.492 e. The Labute approximate surface area is 201 Å². The fourth-order valence-electron chi connectivity index (χ4n) is 2.38. The van der Waals surface area contributed by atoms with E-state index in [2.05, 4.69) is 5.32 Å². The highest BCUT2D eigenvalue weighted by molar-refractivity contribution is 7.89. The van der Waals surface area contributed by atoms with E-state index in [4.69, 9.17) is 44.3 Å². The lowest BCUT2D eigenvalue weighted by Gasteiger charge is -2.14. The molecule has 174 valence electrons. The van der Waals surface area contributed by atoms with E-state index >= 15 is 0 Å². The summed E-state index contributed by atoms with van der Waals surface area (Å²) in [7, 11) is -1.06. The maximum absolute atomic E-state index is 12.3. The van der Waals surface area contributed by atoms with E-state index < -0.39 is 28.5 Å². The maximum atomic E-state index is 12.3. The van der Waals surface area contributed by atoms with E-state index in [-0.39, 0.29) is 28.6 Å². The maximum Gasteiger partial charge on any atom is 0.306 e. The zero-order valence-electron chi connectivity index (χ0n) is 17.2. The van der Waals surface area contributed by atoms with Crippen LogP contribution in [0.4, 0.5) is 5.69 Å². The average Bonchev–Trinajstić information content (AvgIpc) is 2.72. The van der Waals surface area contributed by atoms with Gasteiger partial charge in [-0.25, -0.2) is 12.7 Å². The van der Waals surface area contributed by atoms with Crippen molar-refractivity contribution < 1.29 is 27.5 Å². The van der Waals surface area contributed by atoms with E-state index in [0.717, 1.165) is 4.31 Å². The van der Waals surface area contributed by atoms with Gasteiger partial charge in [0.05, 0.1) is 16.7 Å². The number of nitrogens with one attached hydrogen (secondary N) is 1. The van der Waals surface area contributed by atoms with Gasteiger partial charge >= 0.3 is 5.97 Å². The van der Waals surface area contributed by atoms with Crippen LogP contribution < -0.4 is 10.1 Å². The van der Waals surface area contributed by atoms with Gasteiger partial charge in [0.25, 0.3) is 5.91 Å². The molecule has 0 saturated carbocycles. The van der Waals surface area contributed by atoms with Crippen molar-refractivity contribution in [2.24, 2.45) is 0 Å². The zero-order chi connectivity index (χ0) is 23.9. The van der Waals surface area contributed by atoms with Crippen LogP contribution in [0, 0.1) is 0 Å². The molecule has 0 saturated heterocycles. The predicted molar refractivity (Wildman–Crippen MR) is 123 cm³/mol. The molecule has 2 aromatic carbocycles. The van der Waals surface area contributed by atoms with Crippen LogP contribution in [-0.2, 0) is 24.3 Å². The number of carbonyl (C=O) groups is 2. The van der Waals surface area contributed by atoms with Gasteiger partial charge in [-0.1, -0.05) is 34.8 Å². The number of rotatable bonds is 10. The van der Waals surface area contributed by atoms with E-state index in [1.807, 2.05) is 0 Å². The van der Waals surface area contributed by atoms with Gasteiger partial charge in [0.2, 0.25) is 10.0 Å². The van der Waals surface area contributed by atoms with Crippen LogP contribution in [0.1, 0.15) is 12.8 Å². The molecule has 0 aliphatic heterocycles. The molecule has 0 fully saturated rings. The molecule has 0 heterocycles. The Bertz CT molecular complexity index is 1090. The number of hydrogen-bond acceptors (Lipinski definition) is 6. The molecule has 1 N–H and O–H groups in total. The molecule has 12 heteroatoms. The lowest BCUT2D eigenvalue weighted by Crippen LogP contribution is -2.23. The van der Waals surface area contributed by atoms with Gasteiger partial charge < -0.3 is 14.8 Å². The van der Waals surface area contributed by atoms with E-state index in [9.17, 15) is 18.0 Å². The van der Waals surface area contributed by atoms with Crippen molar-refractivity contribution in [1.29, 1.82) is 0 Å². The normalized spacial score (nSPS) is 11.3. The van der Waals surface area contributed by atoms with Gasteiger partial charge in [-0.3, -0.25) is 9.59 Å². The van der Waals surface area contributed by atoms with Crippen molar-refractivity contribution in [1.82, 2.24) is 4.31 Å². The summed E-state index contributed by atoms with van der Waals surface area (Å²) >= 11 is 17.8. The SMILES string of the molecule is CN(C)S(=O)(=O)c1cc(NC(=O)COC(=O)CCCOc2ccc(Cl)cc2Cl)ccc1Cl. The van der Waals surface area contributed by atoms with E-state index in [0.29, 0.717) is 22.2 Å². The number of carbonyl (C=O) groups excluding carboxylic acids is 2. The van der Waals surface area contributed by atoms with Crippen molar-refractivity contribution in [2.75, 3.05) is 32.6 Å². The Balaban J connectivity index is 1.78. The van der Waals surface area contributed by atoms with Crippen LogP contribution in [0.15, 0.2) is 41.3 Å². The molecule has 2 aromatic rings. The zero-order valence-corrected chi connectivity index (χ0v) is 20.3. The highest BCUT2D eigenvalue weighted by atomic mass is 35.5. The topological polar surface area (TPSA) is 102 Å². The van der Waals surface area contributed by atoms with Gasteiger partial charge in [-0.15, -0.1) is 0 Å². The van der Waals surface area contributed by atoms with Crippen LogP contribution in [-0.4, -0.2) is 51.9 Å². The minimum absolute atomic E-state index is 0.0187. The summed E-state index contributed by atoms with van der Waals surface area (Å²) in [5, 5.41) is 3.33. The van der Waals surface area contributed by atoms with Crippen molar-refractivity contribution in [3.8, 4) is 5.75 Å². The molecule has 0 spiro atoms. The van der Waals surface area contributed by atoms with Gasteiger partial charge in [-0.05, 0) is 42.8 Å². The third-order valence-corrected chi connectivity index (χ3v) is 6.84. The highest BCUT2D eigenvalue weighted by Gasteiger charge is 2.21. The lowest BCUT2D eigenvalue weighted by atomic mass is 10.3. The Morgan fingerprint density at radius 2 is 1.75 bits per heavy atom. The molecule has 2 rings (SSSR count). The molecule has 8 nitrogen and oxygen atoms in total. The highest BCUT2D eigenvalue weighted by Crippen LogP contribution is 2.28. The molecule has 0 atom stereocenters. The van der Waals surface area contributed by atoms with Gasteiger partial charge in [0.15, 0.2) is 6.61 Å². The smallest absolute Gasteiger partial charge is 0.306 e. The monoisotopic (exact) mass is 522 g/mol. The summed E-state index contributed by atoms with van der Waals surface area (Å²) in [6.07, 6.45) is 0.382. The third-order valence-electron chi connectivity index (χ3n) is 4.01. The standard InChI is InChI=1S/C20H21Cl3N2O6S/c1-25(2)32(28,29)18-11-14(6-7-15(18)22)24-19(26)12-31-20(27)4-3-9-30-17-8-5-13(21)10-16(17)23/h5-8,10-11H,3-4,9,12H2,1-2H3,(H,24,26). The second-order valence-electron chi connectivity index (χ2n) is 6.67. The molecule has 0 radical (unpaired) electrons. The number of ether oxygens (including phenoxy) is 2. The summed E-state index contributed by atoms with van der Waals surface area (Å²) in [5.41, 5.74) is 0.198. The minimum atomic E-state index is -3.79. The number of nitrogens with zero attached hydrogens (tertiary/aromatic N) is 1. The number of hydrogen-bond donors (Lipinski definition) is 1. The molecule has 0 aromatic heterocycles. The van der Waals surface area contributed by atoms with E-state index in [1.54, 1.807) is 18.2 Å². The van der Waals surface area contributed by atoms with Gasteiger partial charge in [0, 0.05) is 31.2 Å². The van der Waals surface area contributed by atoms with Crippen LogP contribution in [0.2, 0.25) is 15.1 Å². The molecule has 0 aliphatic rings. The van der Waals surface area contributed by atoms with E-state index in [1.165, 1.54) is 32.3 Å². The number of halogens is 3. The summed E-state index contributed by atoms with van der Waals surface area (Å²) in [6, 6.07) is 8.83. The molecule has 1 amide bonds. The second-order valence-corrected chi connectivity index (χ2v) is 10.0. The average molecular weight is 524 g/mol. The Hall–Kier alpha value is -2.04. The fraction of sp³-hybridized carbons (Fsp3) is 0.300. The number of amides is 1. The first-order valence-corrected chi connectivity index (χ1v) is 11.8. The lowest BCUT2D eigenvalue weighted by molar-refractivity contribution is -0.147. The van der Waals surface area contributed by atoms with Crippen molar-refractivity contribution >= 4 is 62.4 Å². The quantitative estimate of drug-likeness (QED) is 0.369. The minimum Gasteiger partial charge on any atom is -0.492 e. The number of anilines is 1. The Morgan fingerprint density at radius 1 is 1.03 bits per heavy atom. The first-order valence-electron chi connectivity index (χ1n) is 9.26. The third kappa shape index (κ3) is 7.53. The second kappa shape index (κ2) is 11.7. The molecule has 32 heavy (non-hydrogen) atoms. The number of sulfonamides is 1. The number of esters is 1. The molecule has 0 unspecified atom stereocenters. The summed E-state index contributed by atoms with van der Waals surface area (Å²) in [4.78, 5) is 23.7. The van der Waals surface area contributed by atoms with Crippen molar-refractivity contribution in [3.05, 3.63) is 51.5 Å². The van der Waals surface area contributed by atoms with Crippen LogP contribution >= 0.6 is 34.8 Å². The summed E-state index contributed by atoms with van der Waals surface area (Å²) < 4.78 is 36.0. The molecule has 0 bridgehead atoms. The summed E-state index contributed by atoms with van der Waals surface area (Å²) in [5.74, 6) is -0.765. The van der Waals surface area contributed by atoms with Gasteiger partial charge in [0.1, 0.15) is 10.6 Å². The first-order chi connectivity index (χ1) is 15.0. The summed E-state index contributed by atoms with van der Waals surface area (Å²) in [6.45, 7) is -0.308. The molecular weight excluding hydrogens is 503 g/mol. The van der Waals surface area contributed by atoms with Gasteiger partial charge in [-0.2, -0.15) is 0 Å². The van der Waals surface area contributed by atoms with Crippen molar-refractivity contribution in [2.45, 2.75) is 17.7 Å². The first kappa shape index (κ1) is 26.2.